The molecule has 1 saturated heterocycles. The van der Waals surface area contributed by atoms with Gasteiger partial charge >= 0.3 is 6.03 Å². The third-order valence-corrected chi connectivity index (χ3v) is 5.74. The molecular formula is C17H13Cl3N2O3. The van der Waals surface area contributed by atoms with E-state index in [1.807, 2.05) is 0 Å². The van der Waals surface area contributed by atoms with Crippen LogP contribution in [-0.2, 0) is 10.3 Å². The van der Waals surface area contributed by atoms with E-state index in [1.54, 1.807) is 19.1 Å². The number of hydrogen-bond donors (Lipinski definition) is 1. The van der Waals surface area contributed by atoms with Crippen molar-refractivity contribution in [1.29, 1.82) is 0 Å². The molecule has 1 unspecified atom stereocenters. The van der Waals surface area contributed by atoms with Gasteiger partial charge in [0, 0.05) is 7.05 Å². The van der Waals surface area contributed by atoms with Crippen LogP contribution in [0.1, 0.15) is 12.5 Å². The molecule has 1 fully saturated rings. The zero-order valence-electron chi connectivity index (χ0n) is 13.3. The summed E-state index contributed by atoms with van der Waals surface area (Å²) in [6.07, 6.45) is 0. The first-order valence-electron chi connectivity index (χ1n) is 7.25. The third-order valence-electron chi connectivity index (χ3n) is 4.45. The molecule has 0 saturated carbocycles. The van der Waals surface area contributed by atoms with Crippen LogP contribution in [0.4, 0.5) is 10.5 Å². The topological polar surface area (TPSA) is 60.9 Å². The van der Waals surface area contributed by atoms with Crippen molar-refractivity contribution in [2.24, 2.45) is 0 Å². The highest BCUT2D eigenvalue weighted by Gasteiger charge is 2.54. The molecule has 25 heavy (non-hydrogen) atoms. The summed E-state index contributed by atoms with van der Waals surface area (Å²) in [5, 5.41) is 9.79. The number of amides is 3. The Balaban J connectivity index is 2.13. The van der Waals surface area contributed by atoms with Gasteiger partial charge in [-0.15, -0.1) is 0 Å². The molecule has 3 rings (SSSR count). The number of phenols is 1. The van der Waals surface area contributed by atoms with Gasteiger partial charge in [0.1, 0.15) is 11.3 Å². The number of nitrogens with zero attached hydrogens (tertiary/aromatic N) is 2. The highest BCUT2D eigenvalue weighted by molar-refractivity contribution is 6.49. The molecule has 1 heterocycles. The SMILES string of the molecule is CN1C(=O)N(c2ccc(Cl)c(Cl)c2Cl)C(=O)C1(C)c1ccc(O)cc1. The summed E-state index contributed by atoms with van der Waals surface area (Å²) in [4.78, 5) is 28.2. The molecular weight excluding hydrogens is 387 g/mol. The minimum absolute atomic E-state index is 0.0271. The summed E-state index contributed by atoms with van der Waals surface area (Å²) in [7, 11) is 1.53. The number of carbonyl (C=O) groups excluding carboxylic acids is 2. The fourth-order valence-corrected chi connectivity index (χ4v) is 3.41. The molecule has 0 aliphatic carbocycles. The smallest absolute Gasteiger partial charge is 0.332 e. The Hall–Kier alpha value is -1.95. The zero-order valence-corrected chi connectivity index (χ0v) is 15.5. The lowest BCUT2D eigenvalue weighted by molar-refractivity contribution is -0.124. The molecule has 1 aliphatic heterocycles. The minimum Gasteiger partial charge on any atom is -0.508 e. The van der Waals surface area contributed by atoms with Gasteiger partial charge in [0.25, 0.3) is 5.91 Å². The Morgan fingerprint density at radius 3 is 2.16 bits per heavy atom. The normalized spacial score (nSPS) is 20.5. The Morgan fingerprint density at radius 1 is 0.960 bits per heavy atom. The van der Waals surface area contributed by atoms with Crippen LogP contribution in [-0.4, -0.2) is 29.0 Å². The van der Waals surface area contributed by atoms with E-state index in [-0.39, 0.29) is 26.5 Å². The van der Waals surface area contributed by atoms with E-state index in [1.165, 1.54) is 36.2 Å². The van der Waals surface area contributed by atoms with Crippen molar-refractivity contribution >= 4 is 52.4 Å². The van der Waals surface area contributed by atoms with Gasteiger partial charge in [-0.1, -0.05) is 46.9 Å². The van der Waals surface area contributed by atoms with Crippen molar-refractivity contribution in [2.75, 3.05) is 11.9 Å². The van der Waals surface area contributed by atoms with Crippen molar-refractivity contribution in [2.45, 2.75) is 12.5 Å². The average Bonchev–Trinajstić information content (AvgIpc) is 2.76. The van der Waals surface area contributed by atoms with Crippen LogP contribution >= 0.6 is 34.8 Å². The number of phenolic OH excluding ortho intramolecular Hbond substituents is 1. The molecule has 1 atom stereocenters. The van der Waals surface area contributed by atoms with Crippen molar-refractivity contribution < 1.29 is 14.7 Å². The van der Waals surface area contributed by atoms with Gasteiger partial charge in [0.05, 0.1) is 20.8 Å². The first-order valence-corrected chi connectivity index (χ1v) is 8.38. The maximum absolute atomic E-state index is 13.1. The van der Waals surface area contributed by atoms with Crippen LogP contribution in [0.15, 0.2) is 36.4 Å². The number of imide groups is 1. The zero-order chi connectivity index (χ0) is 18.5. The number of likely N-dealkylation sites (N-methyl/N-ethyl adjacent to an activating group) is 1. The second-order valence-corrected chi connectivity index (χ2v) is 6.96. The molecule has 0 bridgehead atoms. The van der Waals surface area contributed by atoms with Gasteiger partial charge in [0.2, 0.25) is 0 Å². The molecule has 0 spiro atoms. The number of hydrogen-bond acceptors (Lipinski definition) is 3. The van der Waals surface area contributed by atoms with Crippen molar-refractivity contribution in [3.8, 4) is 5.75 Å². The lowest BCUT2D eigenvalue weighted by Crippen LogP contribution is -2.42. The maximum atomic E-state index is 13.1. The highest BCUT2D eigenvalue weighted by Crippen LogP contribution is 2.43. The average molecular weight is 400 g/mol. The molecule has 2 aromatic carbocycles. The first kappa shape index (κ1) is 17.9. The Morgan fingerprint density at radius 2 is 1.56 bits per heavy atom. The summed E-state index contributed by atoms with van der Waals surface area (Å²) in [5.74, 6) is -0.415. The molecule has 1 N–H and O–H groups in total. The summed E-state index contributed by atoms with van der Waals surface area (Å²) < 4.78 is 0. The number of aromatic hydroxyl groups is 1. The molecule has 2 aromatic rings. The molecule has 0 radical (unpaired) electrons. The van der Waals surface area contributed by atoms with E-state index in [4.69, 9.17) is 34.8 Å². The second kappa shape index (κ2) is 6.09. The lowest BCUT2D eigenvalue weighted by atomic mass is 9.90. The standard InChI is InChI=1S/C17H13Cl3N2O3/c1-17(9-3-5-10(23)6-4-9)15(24)22(16(25)21(17)2)12-8-7-11(18)13(19)14(12)20/h3-8,23H,1-2H3. The molecule has 130 valence electrons. The van der Waals surface area contributed by atoms with Crippen LogP contribution in [0.2, 0.25) is 15.1 Å². The predicted octanol–water partition coefficient (Wildman–Crippen LogP) is 4.67. The lowest BCUT2D eigenvalue weighted by Gasteiger charge is -2.28. The van der Waals surface area contributed by atoms with Gasteiger partial charge in [0.15, 0.2) is 0 Å². The van der Waals surface area contributed by atoms with Gasteiger partial charge in [-0.3, -0.25) is 4.79 Å². The summed E-state index contributed by atoms with van der Waals surface area (Å²) in [5.41, 5.74) is -0.523. The monoisotopic (exact) mass is 398 g/mol. The van der Waals surface area contributed by atoms with Crippen LogP contribution in [0.25, 0.3) is 0 Å². The Labute approximate surface area is 159 Å². The highest BCUT2D eigenvalue weighted by atomic mass is 35.5. The number of rotatable bonds is 2. The largest absolute Gasteiger partial charge is 0.508 e. The van der Waals surface area contributed by atoms with E-state index in [0.29, 0.717) is 5.56 Å². The van der Waals surface area contributed by atoms with Crippen molar-refractivity contribution in [3.63, 3.8) is 0 Å². The summed E-state index contributed by atoms with van der Waals surface area (Å²) in [6.45, 7) is 1.63. The van der Waals surface area contributed by atoms with Crippen LogP contribution in [0.3, 0.4) is 0 Å². The number of anilines is 1. The van der Waals surface area contributed by atoms with Crippen molar-refractivity contribution in [3.05, 3.63) is 57.0 Å². The van der Waals surface area contributed by atoms with E-state index < -0.39 is 17.5 Å². The molecule has 8 heteroatoms. The maximum Gasteiger partial charge on any atom is 0.332 e. The molecule has 5 nitrogen and oxygen atoms in total. The Kier molecular flexibility index (Phi) is 4.35. The van der Waals surface area contributed by atoms with Gasteiger partial charge in [-0.25, -0.2) is 9.69 Å². The molecule has 3 amide bonds. The predicted molar refractivity (Wildman–Crippen MR) is 97.6 cm³/mol. The van der Waals surface area contributed by atoms with Gasteiger partial charge in [-0.2, -0.15) is 0 Å². The van der Waals surface area contributed by atoms with Gasteiger partial charge < -0.3 is 10.0 Å². The van der Waals surface area contributed by atoms with Gasteiger partial charge in [-0.05, 0) is 36.8 Å². The number of halogens is 3. The third kappa shape index (κ3) is 2.54. The minimum atomic E-state index is -1.25. The molecule has 1 aliphatic rings. The number of carbonyl (C=O) groups is 2. The number of urea groups is 1. The van der Waals surface area contributed by atoms with E-state index >= 15 is 0 Å². The fraction of sp³-hybridized carbons (Fsp3) is 0.176. The van der Waals surface area contributed by atoms with E-state index in [2.05, 4.69) is 0 Å². The summed E-state index contributed by atoms with van der Waals surface area (Å²) in [6, 6.07) is 8.52. The number of benzene rings is 2. The summed E-state index contributed by atoms with van der Waals surface area (Å²) >= 11 is 18.2. The second-order valence-electron chi connectivity index (χ2n) is 5.80. The van der Waals surface area contributed by atoms with E-state index in [9.17, 15) is 14.7 Å². The first-order chi connectivity index (χ1) is 11.7. The van der Waals surface area contributed by atoms with Crippen LogP contribution < -0.4 is 4.90 Å². The molecule has 0 aromatic heterocycles. The quantitative estimate of drug-likeness (QED) is 0.590. The fourth-order valence-electron chi connectivity index (χ4n) is 2.79. The van der Waals surface area contributed by atoms with Crippen LogP contribution in [0, 0.1) is 0 Å². The van der Waals surface area contributed by atoms with Crippen molar-refractivity contribution in [1.82, 2.24) is 4.90 Å². The van der Waals surface area contributed by atoms with E-state index in [0.717, 1.165) is 4.90 Å². The Bertz CT molecular complexity index is 885. The van der Waals surface area contributed by atoms with Crippen LogP contribution in [0.5, 0.6) is 5.75 Å².